The molecule has 0 fully saturated rings. The highest BCUT2D eigenvalue weighted by Crippen LogP contribution is 2.18. The minimum atomic E-state index is -0.900. The van der Waals surface area contributed by atoms with Crippen LogP contribution in [0, 0.1) is 6.92 Å². The molecule has 0 amide bonds. The van der Waals surface area contributed by atoms with Gasteiger partial charge in [0, 0.05) is 11.6 Å². The van der Waals surface area contributed by atoms with Crippen molar-refractivity contribution in [3.05, 3.63) is 41.5 Å². The molecule has 0 atom stereocenters. The number of hydrogen-bond acceptors (Lipinski definition) is 5. The molecule has 0 aliphatic heterocycles. The van der Waals surface area contributed by atoms with Crippen LogP contribution < -0.4 is 4.90 Å². The molecule has 112 valence electrons. The first-order chi connectivity index (χ1) is 9.95. The van der Waals surface area contributed by atoms with Gasteiger partial charge in [0.05, 0.1) is 6.54 Å². The standard InChI is InChI=1S/C15H19N3O3/c1-10(2)15-16-13(17-21-15)8-18(9-14(19)20)12-6-4-11(3)5-7-12/h4-7,10H,8-9H2,1-3H3,(H,19,20). The number of benzene rings is 1. The maximum absolute atomic E-state index is 11.0. The van der Waals surface area contributed by atoms with Crippen LogP contribution in [0.25, 0.3) is 0 Å². The molecular formula is C15H19N3O3. The Balaban J connectivity index is 2.19. The molecule has 1 N–H and O–H groups in total. The van der Waals surface area contributed by atoms with Gasteiger partial charge in [0.2, 0.25) is 5.89 Å². The van der Waals surface area contributed by atoms with Gasteiger partial charge in [-0.1, -0.05) is 36.7 Å². The molecule has 0 unspecified atom stereocenters. The third kappa shape index (κ3) is 4.05. The molecule has 0 bridgehead atoms. The third-order valence-electron chi connectivity index (χ3n) is 3.04. The Morgan fingerprint density at radius 1 is 1.33 bits per heavy atom. The van der Waals surface area contributed by atoms with E-state index in [9.17, 15) is 4.79 Å². The second-order valence-electron chi connectivity index (χ2n) is 5.29. The Morgan fingerprint density at radius 3 is 2.52 bits per heavy atom. The van der Waals surface area contributed by atoms with Gasteiger partial charge in [-0.15, -0.1) is 0 Å². The number of carboxylic acids is 1. The number of hydrogen-bond donors (Lipinski definition) is 1. The molecule has 2 aromatic rings. The first-order valence-corrected chi connectivity index (χ1v) is 6.81. The fourth-order valence-corrected chi connectivity index (χ4v) is 1.89. The molecule has 1 heterocycles. The summed E-state index contributed by atoms with van der Waals surface area (Å²) in [5.41, 5.74) is 1.94. The van der Waals surface area contributed by atoms with Crippen LogP contribution in [0.5, 0.6) is 0 Å². The lowest BCUT2D eigenvalue weighted by atomic mass is 10.2. The number of aryl methyl sites for hydroxylation is 1. The van der Waals surface area contributed by atoms with E-state index in [0.29, 0.717) is 18.3 Å². The van der Waals surface area contributed by atoms with Crippen molar-refractivity contribution < 1.29 is 14.4 Å². The molecule has 0 aliphatic rings. The van der Waals surface area contributed by atoms with E-state index in [1.807, 2.05) is 45.0 Å². The molecule has 0 aliphatic carbocycles. The summed E-state index contributed by atoms with van der Waals surface area (Å²) in [5, 5.41) is 13.0. The number of aromatic nitrogens is 2. The Labute approximate surface area is 123 Å². The average molecular weight is 289 g/mol. The van der Waals surface area contributed by atoms with Crippen molar-refractivity contribution in [1.29, 1.82) is 0 Å². The Hall–Kier alpha value is -2.37. The fraction of sp³-hybridized carbons (Fsp3) is 0.400. The average Bonchev–Trinajstić information content (AvgIpc) is 2.87. The molecule has 6 nitrogen and oxygen atoms in total. The van der Waals surface area contributed by atoms with Crippen molar-refractivity contribution in [2.75, 3.05) is 11.4 Å². The maximum Gasteiger partial charge on any atom is 0.323 e. The predicted octanol–water partition coefficient (Wildman–Crippen LogP) is 2.59. The Kier molecular flexibility index (Phi) is 4.57. The lowest BCUT2D eigenvalue weighted by Gasteiger charge is -2.21. The molecule has 6 heteroatoms. The molecular weight excluding hydrogens is 270 g/mol. The van der Waals surface area contributed by atoms with E-state index in [1.165, 1.54) is 0 Å². The zero-order chi connectivity index (χ0) is 15.4. The zero-order valence-electron chi connectivity index (χ0n) is 12.4. The van der Waals surface area contributed by atoms with Crippen molar-refractivity contribution in [2.24, 2.45) is 0 Å². The van der Waals surface area contributed by atoms with Gasteiger partial charge >= 0.3 is 5.97 Å². The van der Waals surface area contributed by atoms with E-state index >= 15 is 0 Å². The summed E-state index contributed by atoms with van der Waals surface area (Å²) in [6.45, 7) is 6.10. The van der Waals surface area contributed by atoms with Crippen molar-refractivity contribution in [2.45, 2.75) is 33.2 Å². The summed E-state index contributed by atoms with van der Waals surface area (Å²) >= 11 is 0. The highest BCUT2D eigenvalue weighted by molar-refractivity contribution is 5.73. The Morgan fingerprint density at radius 2 is 2.00 bits per heavy atom. The summed E-state index contributed by atoms with van der Waals surface area (Å²) < 4.78 is 5.15. The topological polar surface area (TPSA) is 79.5 Å². The van der Waals surface area contributed by atoms with Crippen molar-refractivity contribution in [3.63, 3.8) is 0 Å². The number of nitrogens with zero attached hydrogens (tertiary/aromatic N) is 3. The molecule has 21 heavy (non-hydrogen) atoms. The lowest BCUT2D eigenvalue weighted by molar-refractivity contribution is -0.135. The summed E-state index contributed by atoms with van der Waals surface area (Å²) in [6, 6.07) is 7.67. The molecule has 2 rings (SSSR count). The molecule has 1 aromatic heterocycles. The van der Waals surface area contributed by atoms with Crippen LogP contribution in [0.1, 0.15) is 37.0 Å². The quantitative estimate of drug-likeness (QED) is 0.880. The number of carboxylic acid groups (broad SMARTS) is 1. The van der Waals surface area contributed by atoms with Crippen LogP contribution in [-0.4, -0.2) is 27.8 Å². The van der Waals surface area contributed by atoms with E-state index in [4.69, 9.17) is 9.63 Å². The molecule has 0 spiro atoms. The van der Waals surface area contributed by atoms with Crippen molar-refractivity contribution >= 4 is 11.7 Å². The highest BCUT2D eigenvalue weighted by atomic mass is 16.5. The van der Waals surface area contributed by atoms with E-state index in [-0.39, 0.29) is 12.5 Å². The fourth-order valence-electron chi connectivity index (χ4n) is 1.89. The van der Waals surface area contributed by atoms with E-state index in [0.717, 1.165) is 11.3 Å². The normalized spacial score (nSPS) is 10.9. The van der Waals surface area contributed by atoms with E-state index in [2.05, 4.69) is 10.1 Å². The summed E-state index contributed by atoms with van der Waals surface area (Å²) in [5.74, 6) is 0.298. The smallest absolute Gasteiger partial charge is 0.323 e. The van der Waals surface area contributed by atoms with Crippen molar-refractivity contribution in [3.8, 4) is 0 Å². The van der Waals surface area contributed by atoms with Gasteiger partial charge < -0.3 is 14.5 Å². The van der Waals surface area contributed by atoms with Gasteiger partial charge in [-0.25, -0.2) is 0 Å². The van der Waals surface area contributed by atoms with Gasteiger partial charge in [0.25, 0.3) is 0 Å². The van der Waals surface area contributed by atoms with Gasteiger partial charge in [-0.05, 0) is 19.1 Å². The number of rotatable bonds is 6. The minimum absolute atomic E-state index is 0.116. The van der Waals surface area contributed by atoms with Crippen LogP contribution in [0.2, 0.25) is 0 Å². The highest BCUT2D eigenvalue weighted by Gasteiger charge is 2.16. The molecule has 0 saturated heterocycles. The predicted molar refractivity (Wildman–Crippen MR) is 78.3 cm³/mol. The number of anilines is 1. The zero-order valence-corrected chi connectivity index (χ0v) is 12.4. The Bertz CT molecular complexity index is 605. The summed E-state index contributed by atoms with van der Waals surface area (Å²) in [7, 11) is 0. The molecule has 1 aromatic carbocycles. The minimum Gasteiger partial charge on any atom is -0.480 e. The van der Waals surface area contributed by atoms with Crippen LogP contribution in [0.15, 0.2) is 28.8 Å². The van der Waals surface area contributed by atoms with Gasteiger partial charge in [-0.2, -0.15) is 4.98 Å². The van der Waals surface area contributed by atoms with Crippen LogP contribution in [-0.2, 0) is 11.3 Å². The third-order valence-corrected chi connectivity index (χ3v) is 3.04. The second kappa shape index (κ2) is 6.39. The largest absolute Gasteiger partial charge is 0.480 e. The van der Waals surface area contributed by atoms with Gasteiger partial charge in [0.15, 0.2) is 5.82 Å². The maximum atomic E-state index is 11.0. The summed E-state index contributed by atoms with van der Waals surface area (Å²) in [4.78, 5) is 17.0. The van der Waals surface area contributed by atoms with E-state index < -0.39 is 5.97 Å². The first-order valence-electron chi connectivity index (χ1n) is 6.81. The van der Waals surface area contributed by atoms with Crippen molar-refractivity contribution in [1.82, 2.24) is 10.1 Å². The molecule has 0 radical (unpaired) electrons. The van der Waals surface area contributed by atoms with Gasteiger partial charge in [-0.3, -0.25) is 4.79 Å². The molecule has 0 saturated carbocycles. The second-order valence-corrected chi connectivity index (χ2v) is 5.29. The number of carbonyl (C=O) groups is 1. The lowest BCUT2D eigenvalue weighted by Crippen LogP contribution is -2.29. The summed E-state index contributed by atoms with van der Waals surface area (Å²) in [6.07, 6.45) is 0. The first kappa shape index (κ1) is 15.0. The SMILES string of the molecule is Cc1ccc(N(CC(=O)O)Cc2noc(C(C)C)n2)cc1. The number of aliphatic carboxylic acids is 1. The van der Waals surface area contributed by atoms with E-state index in [1.54, 1.807) is 4.90 Å². The monoisotopic (exact) mass is 289 g/mol. The van der Waals surface area contributed by atoms with Crippen LogP contribution >= 0.6 is 0 Å². The van der Waals surface area contributed by atoms with Crippen LogP contribution in [0.4, 0.5) is 5.69 Å². The van der Waals surface area contributed by atoms with Gasteiger partial charge in [0.1, 0.15) is 6.54 Å². The van der Waals surface area contributed by atoms with Crippen LogP contribution in [0.3, 0.4) is 0 Å².